The first kappa shape index (κ1) is 22.1. The zero-order valence-electron chi connectivity index (χ0n) is 16.3. The number of nitrogens with zero attached hydrogens (tertiary/aromatic N) is 4. The second-order valence-electron chi connectivity index (χ2n) is 6.64. The Morgan fingerprint density at radius 2 is 1.90 bits per heavy atom. The van der Waals surface area contributed by atoms with Crippen molar-refractivity contribution < 1.29 is 9.59 Å². The number of imide groups is 1. The van der Waals surface area contributed by atoms with Gasteiger partial charge in [0.1, 0.15) is 5.25 Å². The van der Waals surface area contributed by atoms with Gasteiger partial charge in [0.2, 0.25) is 11.8 Å². The van der Waals surface area contributed by atoms with Crippen molar-refractivity contribution in [2.75, 3.05) is 23.9 Å². The molecule has 0 aliphatic carbocycles. The number of hydrogen-bond acceptors (Lipinski definition) is 6. The molecule has 10 heteroatoms. The molecule has 2 aromatic rings. The average Bonchev–Trinajstić information content (AvgIpc) is 2.97. The van der Waals surface area contributed by atoms with Gasteiger partial charge in [0, 0.05) is 31.2 Å². The van der Waals surface area contributed by atoms with E-state index in [0.717, 1.165) is 27.9 Å². The monoisotopic (exact) mass is 463 g/mol. The van der Waals surface area contributed by atoms with Crippen molar-refractivity contribution >= 4 is 69.5 Å². The van der Waals surface area contributed by atoms with Crippen LogP contribution in [0.5, 0.6) is 0 Å². The summed E-state index contributed by atoms with van der Waals surface area (Å²) in [6.45, 7) is 0. The molecule has 0 saturated carbocycles. The zero-order valence-corrected chi connectivity index (χ0v) is 18.6. The minimum atomic E-state index is -0.703. The zero-order chi connectivity index (χ0) is 21.8. The van der Waals surface area contributed by atoms with Gasteiger partial charge in [-0.25, -0.2) is 4.90 Å². The molecule has 1 heterocycles. The fraction of sp³-hybridized carbons (Fsp3) is 0.200. The van der Waals surface area contributed by atoms with E-state index in [1.165, 1.54) is 12.1 Å². The van der Waals surface area contributed by atoms with Crippen LogP contribution >= 0.6 is 35.0 Å². The lowest BCUT2D eigenvalue weighted by Gasteiger charge is -2.16. The van der Waals surface area contributed by atoms with Gasteiger partial charge in [-0.05, 0) is 35.9 Å². The van der Waals surface area contributed by atoms with Crippen molar-refractivity contribution in [3.05, 3.63) is 58.1 Å². The summed E-state index contributed by atoms with van der Waals surface area (Å²) < 4.78 is 0. The maximum absolute atomic E-state index is 12.7. The molecule has 0 radical (unpaired) electrons. The van der Waals surface area contributed by atoms with Crippen molar-refractivity contribution in [2.24, 2.45) is 15.9 Å². The van der Waals surface area contributed by atoms with Crippen molar-refractivity contribution in [3.8, 4) is 0 Å². The minimum absolute atomic E-state index is 0.0156. The molecule has 7 nitrogen and oxygen atoms in total. The highest BCUT2D eigenvalue weighted by molar-refractivity contribution is 8.14. The number of rotatable bonds is 5. The molecule has 1 unspecified atom stereocenters. The summed E-state index contributed by atoms with van der Waals surface area (Å²) >= 11 is 13.1. The number of amidine groups is 1. The number of carbonyl (C=O) groups is 2. The van der Waals surface area contributed by atoms with Crippen LogP contribution in [0.15, 0.2) is 52.7 Å². The smallest absolute Gasteiger partial charge is 0.247 e. The van der Waals surface area contributed by atoms with E-state index in [4.69, 9.17) is 28.9 Å². The van der Waals surface area contributed by atoms with Crippen molar-refractivity contribution in [1.29, 1.82) is 0 Å². The molecule has 156 valence electrons. The molecule has 0 aromatic heterocycles. The third kappa shape index (κ3) is 5.13. The Bertz CT molecular complexity index is 1020. The number of hydrogen-bond donors (Lipinski definition) is 1. The summed E-state index contributed by atoms with van der Waals surface area (Å²) in [6.07, 6.45) is 1.55. The van der Waals surface area contributed by atoms with Crippen LogP contribution in [-0.4, -0.2) is 42.5 Å². The molecular formula is C20H19Cl2N5O2S. The number of nitrogens with two attached hydrogens (primary N) is 1. The van der Waals surface area contributed by atoms with E-state index in [9.17, 15) is 9.59 Å². The third-order valence-electron chi connectivity index (χ3n) is 4.29. The molecule has 2 N–H and O–H groups in total. The van der Waals surface area contributed by atoms with Gasteiger partial charge >= 0.3 is 0 Å². The van der Waals surface area contributed by atoms with Gasteiger partial charge in [0.15, 0.2) is 5.17 Å². The summed E-state index contributed by atoms with van der Waals surface area (Å²) in [5.41, 5.74) is 8.08. The predicted octanol–water partition coefficient (Wildman–Crippen LogP) is 3.77. The van der Waals surface area contributed by atoms with Crippen molar-refractivity contribution in [3.63, 3.8) is 0 Å². The molecule has 1 aliphatic heterocycles. The SMILES string of the molecule is CN(C)c1ccc(/C=N/N=C(\N)SC2CC(=O)N(c3cc(Cl)ccc3Cl)C2=O)cc1. The largest absolute Gasteiger partial charge is 0.378 e. The van der Waals surface area contributed by atoms with E-state index in [1.54, 1.807) is 12.3 Å². The topological polar surface area (TPSA) is 91.4 Å². The van der Waals surface area contributed by atoms with Gasteiger partial charge < -0.3 is 10.6 Å². The average molecular weight is 464 g/mol. The van der Waals surface area contributed by atoms with E-state index in [2.05, 4.69) is 10.2 Å². The molecule has 1 fully saturated rings. The summed E-state index contributed by atoms with van der Waals surface area (Å²) in [4.78, 5) is 28.1. The molecule has 30 heavy (non-hydrogen) atoms. The lowest BCUT2D eigenvalue weighted by Crippen LogP contribution is -2.32. The van der Waals surface area contributed by atoms with E-state index in [1.807, 2.05) is 43.3 Å². The Morgan fingerprint density at radius 1 is 1.20 bits per heavy atom. The maximum Gasteiger partial charge on any atom is 0.247 e. The molecule has 2 aromatic carbocycles. The van der Waals surface area contributed by atoms with Crippen LogP contribution in [-0.2, 0) is 9.59 Å². The Kier molecular flexibility index (Phi) is 7.02. The molecular weight excluding hydrogens is 445 g/mol. The van der Waals surface area contributed by atoms with Crippen LogP contribution in [0, 0.1) is 0 Å². The number of carbonyl (C=O) groups excluding carboxylic acids is 2. The highest BCUT2D eigenvalue weighted by atomic mass is 35.5. The highest BCUT2D eigenvalue weighted by Gasteiger charge is 2.41. The molecule has 1 aliphatic rings. The molecule has 1 saturated heterocycles. The van der Waals surface area contributed by atoms with Crippen LogP contribution in [0.4, 0.5) is 11.4 Å². The molecule has 1 atom stereocenters. The minimum Gasteiger partial charge on any atom is -0.378 e. The van der Waals surface area contributed by atoms with Gasteiger partial charge in [0.25, 0.3) is 0 Å². The van der Waals surface area contributed by atoms with Gasteiger partial charge in [-0.3, -0.25) is 9.59 Å². The van der Waals surface area contributed by atoms with Crippen molar-refractivity contribution in [1.82, 2.24) is 0 Å². The Hall–Kier alpha value is -2.55. The first-order chi connectivity index (χ1) is 14.3. The van der Waals surface area contributed by atoms with Crippen LogP contribution in [0.3, 0.4) is 0 Å². The first-order valence-corrected chi connectivity index (χ1v) is 10.5. The van der Waals surface area contributed by atoms with Crippen LogP contribution in [0.2, 0.25) is 10.0 Å². The second-order valence-corrected chi connectivity index (χ2v) is 8.71. The van der Waals surface area contributed by atoms with Crippen LogP contribution < -0.4 is 15.5 Å². The molecule has 3 rings (SSSR count). The Morgan fingerprint density at radius 3 is 2.57 bits per heavy atom. The number of thioether (sulfide) groups is 1. The van der Waals surface area contributed by atoms with E-state index < -0.39 is 11.2 Å². The lowest BCUT2D eigenvalue weighted by atomic mass is 10.2. The van der Waals surface area contributed by atoms with Gasteiger partial charge in [-0.2, -0.15) is 5.10 Å². The predicted molar refractivity (Wildman–Crippen MR) is 125 cm³/mol. The highest BCUT2D eigenvalue weighted by Crippen LogP contribution is 2.35. The van der Waals surface area contributed by atoms with Crippen LogP contribution in [0.1, 0.15) is 12.0 Å². The fourth-order valence-corrected chi connectivity index (χ4v) is 3.97. The van der Waals surface area contributed by atoms with E-state index >= 15 is 0 Å². The summed E-state index contributed by atoms with van der Waals surface area (Å²) in [5, 5.41) is 7.90. The van der Waals surface area contributed by atoms with Gasteiger partial charge in [-0.15, -0.1) is 5.10 Å². The number of amides is 2. The third-order valence-corrected chi connectivity index (χ3v) is 5.82. The van der Waals surface area contributed by atoms with Gasteiger partial charge in [0.05, 0.1) is 16.9 Å². The summed E-state index contributed by atoms with van der Waals surface area (Å²) in [5.74, 6) is -0.797. The quantitative estimate of drug-likeness (QED) is 0.315. The standard InChI is InChI=1S/C20H19Cl2N5O2S/c1-26(2)14-6-3-12(4-7-14)11-24-25-20(23)30-17-10-18(28)27(19(17)29)16-9-13(21)5-8-15(16)22/h3-9,11,17H,10H2,1-2H3,(H2,23,25)/b24-11+. The van der Waals surface area contributed by atoms with Crippen LogP contribution in [0.25, 0.3) is 0 Å². The van der Waals surface area contributed by atoms with E-state index in [-0.39, 0.29) is 28.2 Å². The summed E-state index contributed by atoms with van der Waals surface area (Å²) in [6, 6.07) is 12.3. The first-order valence-electron chi connectivity index (χ1n) is 8.88. The van der Waals surface area contributed by atoms with E-state index in [0.29, 0.717) is 5.02 Å². The van der Waals surface area contributed by atoms with Crippen molar-refractivity contribution in [2.45, 2.75) is 11.7 Å². The maximum atomic E-state index is 12.7. The molecule has 0 spiro atoms. The number of benzene rings is 2. The Balaban J connectivity index is 1.66. The molecule has 2 amide bonds. The second kappa shape index (κ2) is 9.51. The normalized spacial score (nSPS) is 17.3. The molecule has 0 bridgehead atoms. The van der Waals surface area contributed by atoms with Gasteiger partial charge in [-0.1, -0.05) is 47.1 Å². The number of halogens is 2. The lowest BCUT2D eigenvalue weighted by molar-refractivity contribution is -0.121. The fourth-order valence-electron chi connectivity index (χ4n) is 2.79. The summed E-state index contributed by atoms with van der Waals surface area (Å²) in [7, 11) is 3.92. The number of anilines is 2. The Labute approximate surface area is 188 Å².